The number of nitrogens with zero attached hydrogens (tertiary/aromatic N) is 2. The maximum absolute atomic E-state index is 11.7. The van der Waals surface area contributed by atoms with E-state index in [1.54, 1.807) is 13.1 Å². The van der Waals surface area contributed by atoms with Gasteiger partial charge in [0, 0.05) is 18.8 Å². The van der Waals surface area contributed by atoms with E-state index in [0.717, 1.165) is 10.6 Å². The highest BCUT2D eigenvalue weighted by Gasteiger charge is 2.14. The van der Waals surface area contributed by atoms with Crippen molar-refractivity contribution in [2.24, 2.45) is 0 Å². The van der Waals surface area contributed by atoms with E-state index < -0.39 is 0 Å². The van der Waals surface area contributed by atoms with E-state index in [1.807, 2.05) is 0 Å². The number of hydrogen-bond acceptors (Lipinski definition) is 3. The van der Waals surface area contributed by atoms with Gasteiger partial charge in [0.2, 0.25) is 0 Å². The van der Waals surface area contributed by atoms with E-state index >= 15 is 0 Å². The van der Waals surface area contributed by atoms with Crippen LogP contribution in [-0.2, 0) is 4.84 Å². The first-order valence-electron chi connectivity index (χ1n) is 4.00. The van der Waals surface area contributed by atoms with Gasteiger partial charge in [0.15, 0.2) is 0 Å². The monoisotopic (exact) mass is 214 g/mol. The average Bonchev–Trinajstić information content (AvgIpc) is 2.19. The van der Waals surface area contributed by atoms with Crippen molar-refractivity contribution in [3.63, 3.8) is 0 Å². The molecule has 1 amide bonds. The number of halogens is 1. The Hall–Kier alpha value is -1.13. The summed E-state index contributed by atoms with van der Waals surface area (Å²) in [5, 5.41) is 1.43. The molecule has 0 saturated heterocycles. The Morgan fingerprint density at radius 2 is 2.29 bits per heavy atom. The number of carbonyl (C=O) groups excluding carboxylic acids is 1. The number of hydrogen-bond donors (Lipinski definition) is 0. The molecule has 1 rings (SSSR count). The fraction of sp³-hybridized carbons (Fsp3) is 0.333. The first kappa shape index (κ1) is 10.9. The lowest BCUT2D eigenvalue weighted by atomic mass is 10.1. The van der Waals surface area contributed by atoms with Gasteiger partial charge in [0.1, 0.15) is 5.15 Å². The number of rotatable bonds is 2. The van der Waals surface area contributed by atoms with Gasteiger partial charge in [-0.05, 0) is 18.6 Å². The molecule has 14 heavy (non-hydrogen) atoms. The van der Waals surface area contributed by atoms with Crippen LogP contribution in [0.1, 0.15) is 15.9 Å². The average molecular weight is 215 g/mol. The maximum atomic E-state index is 11.7. The maximum Gasteiger partial charge on any atom is 0.277 e. The Morgan fingerprint density at radius 3 is 2.86 bits per heavy atom. The van der Waals surface area contributed by atoms with Gasteiger partial charge in [0.25, 0.3) is 5.91 Å². The largest absolute Gasteiger partial charge is 0.277 e. The van der Waals surface area contributed by atoms with Crippen molar-refractivity contribution in [1.29, 1.82) is 0 Å². The van der Waals surface area contributed by atoms with Crippen LogP contribution in [0.5, 0.6) is 0 Å². The quantitative estimate of drug-likeness (QED) is 0.556. The minimum Gasteiger partial charge on any atom is -0.274 e. The zero-order chi connectivity index (χ0) is 10.7. The molecule has 4 nitrogen and oxygen atoms in total. The predicted octanol–water partition coefficient (Wildman–Crippen LogP) is 1.68. The molecule has 5 heteroatoms. The second kappa shape index (κ2) is 4.39. The summed E-state index contributed by atoms with van der Waals surface area (Å²) in [7, 11) is 2.96. The van der Waals surface area contributed by atoms with Crippen molar-refractivity contribution >= 4 is 17.5 Å². The predicted molar refractivity (Wildman–Crippen MR) is 53.1 cm³/mol. The van der Waals surface area contributed by atoms with Crippen LogP contribution in [0.4, 0.5) is 0 Å². The second-order valence-electron chi connectivity index (χ2n) is 2.81. The van der Waals surface area contributed by atoms with Crippen LogP contribution in [-0.4, -0.2) is 30.1 Å². The van der Waals surface area contributed by atoms with Crippen molar-refractivity contribution < 1.29 is 9.63 Å². The molecule has 0 saturated carbocycles. The van der Waals surface area contributed by atoms with Crippen LogP contribution in [0.3, 0.4) is 0 Å². The van der Waals surface area contributed by atoms with E-state index in [1.165, 1.54) is 20.2 Å². The molecule has 0 spiro atoms. The Balaban J connectivity index is 3.06. The van der Waals surface area contributed by atoms with Crippen molar-refractivity contribution in [2.45, 2.75) is 6.92 Å². The molecule has 0 aliphatic heterocycles. The van der Waals surface area contributed by atoms with Crippen molar-refractivity contribution in [3.05, 3.63) is 28.5 Å². The smallest absolute Gasteiger partial charge is 0.274 e. The second-order valence-corrected chi connectivity index (χ2v) is 3.19. The molecule has 0 aliphatic rings. The number of amides is 1. The van der Waals surface area contributed by atoms with Gasteiger partial charge in [0.05, 0.1) is 7.11 Å². The first-order valence-corrected chi connectivity index (χ1v) is 4.38. The van der Waals surface area contributed by atoms with Gasteiger partial charge < -0.3 is 0 Å². The Morgan fingerprint density at radius 1 is 1.64 bits per heavy atom. The lowest BCUT2D eigenvalue weighted by Gasteiger charge is -2.14. The number of hydroxylamine groups is 2. The number of aryl methyl sites for hydroxylation is 1. The number of aromatic nitrogens is 1. The van der Waals surface area contributed by atoms with Crippen LogP contribution in [0.15, 0.2) is 12.3 Å². The van der Waals surface area contributed by atoms with Gasteiger partial charge in [-0.3, -0.25) is 9.63 Å². The summed E-state index contributed by atoms with van der Waals surface area (Å²) >= 11 is 5.69. The molecule has 0 radical (unpaired) electrons. The minimum atomic E-state index is -0.241. The molecule has 1 heterocycles. The fourth-order valence-electron chi connectivity index (χ4n) is 0.981. The zero-order valence-electron chi connectivity index (χ0n) is 8.24. The molecule has 1 aromatic rings. The van der Waals surface area contributed by atoms with E-state index in [0.29, 0.717) is 10.7 Å². The highest BCUT2D eigenvalue weighted by molar-refractivity contribution is 6.29. The molecule has 1 aromatic heterocycles. The summed E-state index contributed by atoms with van der Waals surface area (Å²) in [6.07, 6.45) is 1.55. The van der Waals surface area contributed by atoms with Crippen molar-refractivity contribution in [1.82, 2.24) is 10.0 Å². The molecule has 0 aliphatic carbocycles. The number of carbonyl (C=O) groups is 1. The summed E-state index contributed by atoms with van der Waals surface area (Å²) < 4.78 is 0. The summed E-state index contributed by atoms with van der Waals surface area (Å²) in [5.41, 5.74) is 1.26. The normalized spacial score (nSPS) is 10.0. The van der Waals surface area contributed by atoms with Crippen LogP contribution in [0, 0.1) is 6.92 Å². The third-order valence-corrected chi connectivity index (χ3v) is 2.07. The van der Waals surface area contributed by atoms with Crippen molar-refractivity contribution in [2.75, 3.05) is 14.2 Å². The lowest BCUT2D eigenvalue weighted by Crippen LogP contribution is -2.26. The molecular weight excluding hydrogens is 204 g/mol. The lowest BCUT2D eigenvalue weighted by molar-refractivity contribution is -0.0757. The van der Waals surface area contributed by atoms with Crippen LogP contribution < -0.4 is 0 Å². The van der Waals surface area contributed by atoms with E-state index in [4.69, 9.17) is 16.4 Å². The third kappa shape index (κ3) is 2.21. The van der Waals surface area contributed by atoms with Gasteiger partial charge in [-0.2, -0.15) is 0 Å². The summed E-state index contributed by atoms with van der Waals surface area (Å²) in [4.78, 5) is 20.3. The van der Waals surface area contributed by atoms with E-state index in [2.05, 4.69) is 4.98 Å². The molecule has 0 bridgehead atoms. The Labute approximate surface area is 87.4 Å². The third-order valence-electron chi connectivity index (χ3n) is 1.86. The molecule has 0 unspecified atom stereocenters. The summed E-state index contributed by atoms with van der Waals surface area (Å²) in [6.45, 7) is 1.79. The standard InChI is InChI=1S/C9H11ClN2O2/c1-6-5-11-8(10)4-7(6)9(13)12(2)14-3/h4-5H,1-3H3. The topological polar surface area (TPSA) is 42.4 Å². The van der Waals surface area contributed by atoms with Gasteiger partial charge in [-0.15, -0.1) is 0 Å². The minimum absolute atomic E-state index is 0.241. The zero-order valence-corrected chi connectivity index (χ0v) is 9.00. The highest BCUT2D eigenvalue weighted by atomic mass is 35.5. The molecular formula is C9H11ClN2O2. The molecule has 76 valence electrons. The van der Waals surface area contributed by atoms with E-state index in [-0.39, 0.29) is 5.91 Å². The Bertz CT molecular complexity index is 355. The summed E-state index contributed by atoms with van der Waals surface area (Å²) in [6, 6.07) is 1.52. The molecule has 0 fully saturated rings. The van der Waals surface area contributed by atoms with E-state index in [9.17, 15) is 4.79 Å². The van der Waals surface area contributed by atoms with Gasteiger partial charge in [-0.25, -0.2) is 10.0 Å². The van der Waals surface area contributed by atoms with Crippen LogP contribution in [0.25, 0.3) is 0 Å². The SMILES string of the molecule is CON(C)C(=O)c1cc(Cl)ncc1C. The van der Waals surface area contributed by atoms with Gasteiger partial charge >= 0.3 is 0 Å². The highest BCUT2D eigenvalue weighted by Crippen LogP contribution is 2.13. The van der Waals surface area contributed by atoms with Crippen molar-refractivity contribution in [3.8, 4) is 0 Å². The molecule has 0 N–H and O–H groups in total. The fourth-order valence-corrected chi connectivity index (χ4v) is 1.14. The Kier molecular flexibility index (Phi) is 3.43. The number of pyridine rings is 1. The van der Waals surface area contributed by atoms with Crippen LogP contribution >= 0.6 is 11.6 Å². The molecule has 0 atom stereocenters. The molecule has 0 aromatic carbocycles. The summed E-state index contributed by atoms with van der Waals surface area (Å²) in [5.74, 6) is -0.241. The van der Waals surface area contributed by atoms with Gasteiger partial charge in [-0.1, -0.05) is 11.6 Å². The van der Waals surface area contributed by atoms with Crippen LogP contribution in [0.2, 0.25) is 5.15 Å². The first-order chi connectivity index (χ1) is 6.56.